The molecule has 3 rings (SSSR count). The third-order valence-electron chi connectivity index (χ3n) is 3.07. The maximum absolute atomic E-state index is 5.85. The molecule has 90 valence electrons. The fraction of sp³-hybridized carbons (Fsp3) is 0.417. The van der Waals surface area contributed by atoms with Crippen LogP contribution in [0.2, 0.25) is 0 Å². The minimum Gasteiger partial charge on any atom is -0.494 e. The normalized spacial score (nSPS) is 15.7. The Labute approximate surface area is 104 Å². The molecular weight excluding hydrogens is 234 g/mol. The first-order valence-corrected chi connectivity index (χ1v) is 6.58. The smallest absolute Gasteiger partial charge is 0.186 e. The van der Waals surface area contributed by atoms with Gasteiger partial charge in [-0.05, 0) is 18.9 Å². The number of methoxy groups -OCH3 is 1. The second kappa shape index (κ2) is 4.07. The zero-order valence-electron chi connectivity index (χ0n) is 9.77. The molecule has 0 unspecified atom stereocenters. The van der Waals surface area contributed by atoms with Gasteiger partial charge in [0.15, 0.2) is 5.13 Å². The highest BCUT2D eigenvalue weighted by molar-refractivity contribution is 7.22. The van der Waals surface area contributed by atoms with E-state index in [1.54, 1.807) is 18.4 Å². The van der Waals surface area contributed by atoms with Crippen LogP contribution < -0.4 is 15.4 Å². The van der Waals surface area contributed by atoms with E-state index in [-0.39, 0.29) is 0 Å². The van der Waals surface area contributed by atoms with Gasteiger partial charge in [-0.25, -0.2) is 4.98 Å². The SMILES string of the molecule is COc1cc(N)cc2sc(N3CCCC3)nc12. The average Bonchev–Trinajstić information content (AvgIpc) is 2.95. The number of thiazole rings is 1. The van der Waals surface area contributed by atoms with E-state index in [2.05, 4.69) is 9.88 Å². The second-order valence-electron chi connectivity index (χ2n) is 4.26. The Morgan fingerprint density at radius 3 is 2.82 bits per heavy atom. The fourth-order valence-electron chi connectivity index (χ4n) is 2.21. The van der Waals surface area contributed by atoms with Gasteiger partial charge in [-0.2, -0.15) is 0 Å². The predicted octanol–water partition coefficient (Wildman–Crippen LogP) is 2.49. The van der Waals surface area contributed by atoms with Crippen LogP contribution in [-0.4, -0.2) is 25.2 Å². The standard InChI is InChI=1S/C12H15N3OS/c1-16-9-6-8(13)7-10-11(9)14-12(17-10)15-4-2-3-5-15/h6-7H,2-5,13H2,1H3. The van der Waals surface area contributed by atoms with E-state index in [1.807, 2.05) is 12.1 Å². The van der Waals surface area contributed by atoms with Crippen LogP contribution in [0.1, 0.15) is 12.8 Å². The molecule has 2 aromatic rings. The average molecular weight is 249 g/mol. The van der Waals surface area contributed by atoms with Crippen molar-refractivity contribution in [2.45, 2.75) is 12.8 Å². The number of nitrogens with two attached hydrogens (primary N) is 1. The lowest BCUT2D eigenvalue weighted by Crippen LogP contribution is -2.16. The van der Waals surface area contributed by atoms with Gasteiger partial charge in [0.25, 0.3) is 0 Å². The predicted molar refractivity (Wildman–Crippen MR) is 72.0 cm³/mol. The molecule has 1 saturated heterocycles. The summed E-state index contributed by atoms with van der Waals surface area (Å²) in [4.78, 5) is 7.00. The molecule has 0 radical (unpaired) electrons. The van der Waals surface area contributed by atoms with E-state index in [0.717, 1.165) is 39.9 Å². The molecule has 1 aromatic carbocycles. The molecule has 1 aromatic heterocycles. The van der Waals surface area contributed by atoms with Crippen molar-refractivity contribution in [3.05, 3.63) is 12.1 Å². The Kier molecular flexibility index (Phi) is 2.55. The summed E-state index contributed by atoms with van der Waals surface area (Å²) in [6.45, 7) is 2.22. The van der Waals surface area contributed by atoms with Crippen LogP contribution in [-0.2, 0) is 0 Å². The number of hydrogen-bond acceptors (Lipinski definition) is 5. The lowest BCUT2D eigenvalue weighted by atomic mass is 10.3. The summed E-state index contributed by atoms with van der Waals surface area (Å²) in [5, 5.41) is 1.08. The van der Waals surface area contributed by atoms with Gasteiger partial charge in [0.2, 0.25) is 0 Å². The summed E-state index contributed by atoms with van der Waals surface area (Å²) in [6.07, 6.45) is 2.52. The topological polar surface area (TPSA) is 51.4 Å². The Bertz CT molecular complexity index is 546. The van der Waals surface area contributed by atoms with Crippen molar-refractivity contribution in [1.82, 2.24) is 4.98 Å². The maximum Gasteiger partial charge on any atom is 0.186 e. The second-order valence-corrected chi connectivity index (χ2v) is 5.27. The van der Waals surface area contributed by atoms with E-state index in [1.165, 1.54) is 12.8 Å². The molecule has 0 amide bonds. The minimum atomic E-state index is 0.728. The van der Waals surface area contributed by atoms with Crippen LogP contribution in [0.25, 0.3) is 10.2 Å². The first kappa shape index (κ1) is 10.7. The zero-order valence-corrected chi connectivity index (χ0v) is 10.6. The minimum absolute atomic E-state index is 0.728. The monoisotopic (exact) mass is 249 g/mol. The van der Waals surface area contributed by atoms with E-state index in [0.29, 0.717) is 0 Å². The molecular formula is C12H15N3OS. The fourth-order valence-corrected chi connectivity index (χ4v) is 3.29. The van der Waals surface area contributed by atoms with Gasteiger partial charge in [0.1, 0.15) is 11.3 Å². The molecule has 1 fully saturated rings. The van der Waals surface area contributed by atoms with Gasteiger partial charge < -0.3 is 15.4 Å². The number of rotatable bonds is 2. The van der Waals surface area contributed by atoms with Crippen LogP contribution in [0.4, 0.5) is 10.8 Å². The van der Waals surface area contributed by atoms with Gasteiger partial charge in [0.05, 0.1) is 11.8 Å². The van der Waals surface area contributed by atoms with Crippen LogP contribution in [0, 0.1) is 0 Å². The lowest BCUT2D eigenvalue weighted by Gasteiger charge is -2.11. The van der Waals surface area contributed by atoms with Gasteiger partial charge >= 0.3 is 0 Å². The molecule has 4 nitrogen and oxygen atoms in total. The molecule has 0 spiro atoms. The molecule has 1 aliphatic heterocycles. The number of hydrogen-bond donors (Lipinski definition) is 1. The number of aromatic nitrogens is 1. The molecule has 0 bridgehead atoms. The Morgan fingerprint density at radius 1 is 1.35 bits per heavy atom. The molecule has 0 atom stereocenters. The number of ether oxygens (including phenoxy) is 1. The summed E-state index contributed by atoms with van der Waals surface area (Å²) >= 11 is 1.69. The van der Waals surface area contributed by atoms with Crippen molar-refractivity contribution in [3.63, 3.8) is 0 Å². The lowest BCUT2D eigenvalue weighted by molar-refractivity contribution is 0.419. The van der Waals surface area contributed by atoms with Crippen molar-refractivity contribution in [2.24, 2.45) is 0 Å². The van der Waals surface area contributed by atoms with Gasteiger partial charge in [-0.3, -0.25) is 0 Å². The quantitative estimate of drug-likeness (QED) is 0.831. The highest BCUT2D eigenvalue weighted by atomic mass is 32.1. The zero-order chi connectivity index (χ0) is 11.8. The number of fused-ring (bicyclic) bond motifs is 1. The van der Waals surface area contributed by atoms with Crippen LogP contribution in [0.3, 0.4) is 0 Å². The summed E-state index contributed by atoms with van der Waals surface area (Å²) < 4.78 is 6.43. The molecule has 17 heavy (non-hydrogen) atoms. The van der Waals surface area contributed by atoms with Gasteiger partial charge in [0, 0.05) is 24.8 Å². The largest absolute Gasteiger partial charge is 0.494 e. The van der Waals surface area contributed by atoms with Crippen molar-refractivity contribution < 1.29 is 4.74 Å². The van der Waals surface area contributed by atoms with Crippen molar-refractivity contribution >= 4 is 32.4 Å². The van der Waals surface area contributed by atoms with Gasteiger partial charge in [-0.1, -0.05) is 11.3 Å². The summed E-state index contributed by atoms with van der Waals surface area (Å²) in [7, 11) is 1.66. The van der Waals surface area contributed by atoms with E-state index in [4.69, 9.17) is 10.5 Å². The molecule has 0 saturated carbocycles. The first-order valence-electron chi connectivity index (χ1n) is 5.77. The molecule has 0 aliphatic carbocycles. The van der Waals surface area contributed by atoms with Crippen molar-refractivity contribution in [2.75, 3.05) is 30.8 Å². The van der Waals surface area contributed by atoms with Crippen LogP contribution in [0.5, 0.6) is 5.75 Å². The highest BCUT2D eigenvalue weighted by Crippen LogP contribution is 2.36. The molecule has 2 N–H and O–H groups in total. The molecule has 1 aliphatic rings. The highest BCUT2D eigenvalue weighted by Gasteiger charge is 2.18. The van der Waals surface area contributed by atoms with E-state index < -0.39 is 0 Å². The summed E-state index contributed by atoms with van der Waals surface area (Å²) in [5.74, 6) is 0.765. The van der Waals surface area contributed by atoms with Crippen molar-refractivity contribution in [1.29, 1.82) is 0 Å². The molecule has 2 heterocycles. The number of benzene rings is 1. The van der Waals surface area contributed by atoms with E-state index in [9.17, 15) is 0 Å². The Hall–Kier alpha value is -1.49. The Morgan fingerprint density at radius 2 is 2.12 bits per heavy atom. The van der Waals surface area contributed by atoms with Crippen LogP contribution >= 0.6 is 11.3 Å². The van der Waals surface area contributed by atoms with Crippen LogP contribution in [0.15, 0.2) is 12.1 Å². The molecule has 5 heteroatoms. The number of anilines is 2. The third-order valence-corrected chi connectivity index (χ3v) is 4.13. The van der Waals surface area contributed by atoms with Crippen molar-refractivity contribution in [3.8, 4) is 5.75 Å². The number of nitrogens with zero attached hydrogens (tertiary/aromatic N) is 2. The number of nitrogen functional groups attached to an aromatic ring is 1. The maximum atomic E-state index is 5.85. The van der Waals surface area contributed by atoms with E-state index >= 15 is 0 Å². The Balaban J connectivity index is 2.11. The van der Waals surface area contributed by atoms with Gasteiger partial charge in [-0.15, -0.1) is 0 Å². The summed E-state index contributed by atoms with van der Waals surface area (Å²) in [6, 6.07) is 3.80. The third kappa shape index (κ3) is 1.80. The first-order chi connectivity index (χ1) is 8.28. The summed E-state index contributed by atoms with van der Waals surface area (Å²) in [5.41, 5.74) is 7.50.